The minimum absolute atomic E-state index is 0.237. The van der Waals surface area contributed by atoms with Crippen LogP contribution in [0.1, 0.15) is 18.9 Å². The quantitative estimate of drug-likeness (QED) is 0.700. The molecule has 1 aromatic carbocycles. The van der Waals surface area contributed by atoms with Crippen LogP contribution in [0.2, 0.25) is 0 Å². The van der Waals surface area contributed by atoms with Gasteiger partial charge in [-0.15, -0.1) is 0 Å². The molecular weight excluding hydrogens is 178 g/mol. The van der Waals surface area contributed by atoms with Crippen molar-refractivity contribution in [2.45, 2.75) is 18.9 Å². The standard InChI is InChI=1S/C11H13NO2/c1-11(6-10(14)7-12-11)8-2-4-9(13)5-3-8/h2-5,12-13H,6-7H2,1H3. The third-order valence-electron chi connectivity index (χ3n) is 2.73. The Hall–Kier alpha value is -1.35. The van der Waals surface area contributed by atoms with E-state index in [1.165, 1.54) is 0 Å². The van der Waals surface area contributed by atoms with Crippen LogP contribution < -0.4 is 5.32 Å². The monoisotopic (exact) mass is 191 g/mol. The smallest absolute Gasteiger partial charge is 0.148 e. The second-order valence-corrected chi connectivity index (χ2v) is 3.95. The number of carbonyl (C=O) groups excluding carboxylic acids is 1. The molecule has 3 heteroatoms. The van der Waals surface area contributed by atoms with Crippen molar-refractivity contribution in [1.29, 1.82) is 0 Å². The van der Waals surface area contributed by atoms with E-state index in [1.807, 2.05) is 19.1 Å². The molecule has 0 amide bonds. The van der Waals surface area contributed by atoms with Gasteiger partial charge in [0, 0.05) is 12.0 Å². The van der Waals surface area contributed by atoms with Crippen molar-refractivity contribution >= 4 is 5.78 Å². The largest absolute Gasteiger partial charge is 0.508 e. The number of hydrogen-bond donors (Lipinski definition) is 2. The van der Waals surface area contributed by atoms with Crippen molar-refractivity contribution in [2.75, 3.05) is 6.54 Å². The van der Waals surface area contributed by atoms with E-state index in [4.69, 9.17) is 5.11 Å². The lowest BCUT2D eigenvalue weighted by molar-refractivity contribution is -0.116. The van der Waals surface area contributed by atoms with E-state index in [0.29, 0.717) is 13.0 Å². The summed E-state index contributed by atoms with van der Waals surface area (Å²) >= 11 is 0. The van der Waals surface area contributed by atoms with Crippen LogP contribution in [0.15, 0.2) is 24.3 Å². The first-order chi connectivity index (χ1) is 6.60. The summed E-state index contributed by atoms with van der Waals surface area (Å²) in [6.45, 7) is 2.45. The highest BCUT2D eigenvalue weighted by atomic mass is 16.3. The zero-order valence-corrected chi connectivity index (χ0v) is 8.08. The number of nitrogens with one attached hydrogen (secondary N) is 1. The number of phenolic OH excluding ortho intramolecular Hbond substituents is 1. The summed E-state index contributed by atoms with van der Waals surface area (Å²) in [7, 11) is 0. The molecule has 2 rings (SSSR count). The Morgan fingerprint density at radius 3 is 2.50 bits per heavy atom. The van der Waals surface area contributed by atoms with Crippen molar-refractivity contribution in [2.24, 2.45) is 0 Å². The number of ketones is 1. The topological polar surface area (TPSA) is 49.3 Å². The second kappa shape index (κ2) is 3.10. The molecule has 0 spiro atoms. The highest BCUT2D eigenvalue weighted by Gasteiger charge is 2.34. The molecule has 0 aromatic heterocycles. The summed E-state index contributed by atoms with van der Waals surface area (Å²) in [6, 6.07) is 6.98. The molecule has 1 saturated heterocycles. The van der Waals surface area contributed by atoms with E-state index in [0.717, 1.165) is 5.56 Å². The first kappa shape index (κ1) is 9.21. The average molecular weight is 191 g/mol. The number of benzene rings is 1. The first-order valence-corrected chi connectivity index (χ1v) is 4.66. The molecule has 0 saturated carbocycles. The van der Waals surface area contributed by atoms with Gasteiger partial charge in [0.25, 0.3) is 0 Å². The highest BCUT2D eigenvalue weighted by Crippen LogP contribution is 2.29. The maximum Gasteiger partial charge on any atom is 0.148 e. The van der Waals surface area contributed by atoms with Gasteiger partial charge in [0.05, 0.1) is 6.54 Å². The van der Waals surface area contributed by atoms with Crippen molar-refractivity contribution in [1.82, 2.24) is 5.32 Å². The van der Waals surface area contributed by atoms with Crippen LogP contribution >= 0.6 is 0 Å². The van der Waals surface area contributed by atoms with Crippen molar-refractivity contribution in [3.05, 3.63) is 29.8 Å². The zero-order chi connectivity index (χ0) is 10.2. The summed E-state index contributed by atoms with van der Waals surface area (Å²) in [5.41, 5.74) is 0.784. The molecule has 0 bridgehead atoms. The van der Waals surface area contributed by atoms with Gasteiger partial charge < -0.3 is 10.4 Å². The minimum Gasteiger partial charge on any atom is -0.508 e. The molecule has 1 atom stereocenters. The number of phenols is 1. The van der Waals surface area contributed by atoms with Crippen LogP contribution in [0.4, 0.5) is 0 Å². The van der Waals surface area contributed by atoms with Crippen molar-refractivity contribution in [3.63, 3.8) is 0 Å². The normalized spacial score (nSPS) is 26.8. The van der Waals surface area contributed by atoms with Crippen LogP contribution in [0.3, 0.4) is 0 Å². The van der Waals surface area contributed by atoms with Gasteiger partial charge in [0.15, 0.2) is 0 Å². The van der Waals surface area contributed by atoms with Gasteiger partial charge in [-0.25, -0.2) is 0 Å². The fraction of sp³-hybridized carbons (Fsp3) is 0.364. The van der Waals surface area contributed by atoms with E-state index >= 15 is 0 Å². The summed E-state index contributed by atoms with van der Waals surface area (Å²) in [5, 5.41) is 12.3. The third kappa shape index (κ3) is 1.51. The molecule has 0 aliphatic carbocycles. The Balaban J connectivity index is 2.30. The molecule has 1 fully saturated rings. The predicted octanol–water partition coefficient (Wildman–Crippen LogP) is 1.17. The number of carbonyl (C=O) groups is 1. The van der Waals surface area contributed by atoms with E-state index < -0.39 is 0 Å². The predicted molar refractivity (Wildman–Crippen MR) is 53.1 cm³/mol. The lowest BCUT2D eigenvalue weighted by Crippen LogP contribution is -2.32. The van der Waals surface area contributed by atoms with Gasteiger partial charge in [-0.1, -0.05) is 12.1 Å². The third-order valence-corrected chi connectivity index (χ3v) is 2.73. The fourth-order valence-electron chi connectivity index (χ4n) is 1.85. The molecule has 0 radical (unpaired) electrons. The van der Waals surface area contributed by atoms with E-state index in [9.17, 15) is 4.79 Å². The minimum atomic E-state index is -0.259. The number of Topliss-reactive ketones (excluding diaryl/α,β-unsaturated/α-hetero) is 1. The van der Waals surface area contributed by atoms with Crippen LogP contribution in [-0.4, -0.2) is 17.4 Å². The summed E-state index contributed by atoms with van der Waals surface area (Å²) in [5.74, 6) is 0.488. The van der Waals surface area contributed by atoms with Crippen LogP contribution in [-0.2, 0) is 10.3 Å². The van der Waals surface area contributed by atoms with Gasteiger partial charge in [0.1, 0.15) is 11.5 Å². The van der Waals surface area contributed by atoms with Gasteiger partial charge in [-0.05, 0) is 24.6 Å². The van der Waals surface area contributed by atoms with Gasteiger partial charge in [-0.2, -0.15) is 0 Å². The molecule has 1 unspecified atom stereocenters. The molecule has 2 N–H and O–H groups in total. The van der Waals surface area contributed by atoms with Crippen LogP contribution in [0.5, 0.6) is 5.75 Å². The van der Waals surface area contributed by atoms with Gasteiger partial charge in [0.2, 0.25) is 0 Å². The van der Waals surface area contributed by atoms with E-state index in [1.54, 1.807) is 12.1 Å². The van der Waals surface area contributed by atoms with Crippen LogP contribution in [0.25, 0.3) is 0 Å². The Morgan fingerprint density at radius 1 is 1.36 bits per heavy atom. The van der Waals surface area contributed by atoms with Gasteiger partial charge >= 0.3 is 0 Å². The van der Waals surface area contributed by atoms with E-state index in [2.05, 4.69) is 5.32 Å². The molecular formula is C11H13NO2. The number of aromatic hydroxyl groups is 1. The zero-order valence-electron chi connectivity index (χ0n) is 8.08. The second-order valence-electron chi connectivity index (χ2n) is 3.95. The summed E-state index contributed by atoms with van der Waals surface area (Å²) < 4.78 is 0. The number of hydrogen-bond acceptors (Lipinski definition) is 3. The van der Waals surface area contributed by atoms with Crippen molar-refractivity contribution < 1.29 is 9.90 Å². The lowest BCUT2D eigenvalue weighted by Gasteiger charge is -2.23. The molecule has 1 heterocycles. The molecule has 14 heavy (non-hydrogen) atoms. The fourth-order valence-corrected chi connectivity index (χ4v) is 1.85. The average Bonchev–Trinajstić information content (AvgIpc) is 2.48. The molecule has 3 nitrogen and oxygen atoms in total. The molecule has 1 aromatic rings. The molecule has 1 aliphatic rings. The summed E-state index contributed by atoms with van der Waals surface area (Å²) in [6.07, 6.45) is 0.526. The Morgan fingerprint density at radius 2 is 2.00 bits per heavy atom. The highest BCUT2D eigenvalue weighted by molar-refractivity contribution is 5.84. The van der Waals surface area contributed by atoms with Gasteiger partial charge in [-0.3, -0.25) is 4.79 Å². The SMILES string of the molecule is CC1(c2ccc(O)cc2)CC(=O)CN1. The Kier molecular flexibility index (Phi) is 2.04. The first-order valence-electron chi connectivity index (χ1n) is 4.66. The Labute approximate surface area is 82.8 Å². The number of rotatable bonds is 1. The maximum absolute atomic E-state index is 11.2. The van der Waals surface area contributed by atoms with E-state index in [-0.39, 0.29) is 17.1 Å². The lowest BCUT2D eigenvalue weighted by atomic mass is 9.90. The van der Waals surface area contributed by atoms with Crippen molar-refractivity contribution in [3.8, 4) is 5.75 Å². The summed E-state index contributed by atoms with van der Waals surface area (Å²) in [4.78, 5) is 11.2. The molecule has 1 aliphatic heterocycles. The molecule has 74 valence electrons. The maximum atomic E-state index is 11.2. The Bertz CT molecular complexity index is 358. The van der Waals surface area contributed by atoms with Crippen LogP contribution in [0, 0.1) is 0 Å².